The third-order valence-electron chi connectivity index (χ3n) is 3.79. The summed E-state index contributed by atoms with van der Waals surface area (Å²) < 4.78 is 0. The summed E-state index contributed by atoms with van der Waals surface area (Å²) in [7, 11) is 0. The van der Waals surface area contributed by atoms with E-state index in [0.717, 1.165) is 18.9 Å². The SMILES string of the molecule is CCCN(CC1CC1)c1ccccc1C(N)CC. The normalized spacial score (nSPS) is 16.6. The zero-order chi connectivity index (χ0) is 13.0. The van der Waals surface area contributed by atoms with Crippen molar-refractivity contribution in [2.75, 3.05) is 18.0 Å². The van der Waals surface area contributed by atoms with Gasteiger partial charge in [-0.15, -0.1) is 0 Å². The molecule has 1 aromatic rings. The lowest BCUT2D eigenvalue weighted by atomic mass is 10.0. The second-order valence-electron chi connectivity index (χ2n) is 5.46. The van der Waals surface area contributed by atoms with E-state index in [-0.39, 0.29) is 6.04 Å². The van der Waals surface area contributed by atoms with Crippen molar-refractivity contribution >= 4 is 5.69 Å². The molecule has 0 saturated heterocycles. The average Bonchev–Trinajstić information content (AvgIpc) is 3.21. The van der Waals surface area contributed by atoms with E-state index < -0.39 is 0 Å². The third kappa shape index (κ3) is 3.26. The molecule has 2 rings (SSSR count). The Balaban J connectivity index is 2.21. The van der Waals surface area contributed by atoms with Crippen LogP contribution in [0.4, 0.5) is 5.69 Å². The van der Waals surface area contributed by atoms with Crippen LogP contribution in [0, 0.1) is 5.92 Å². The summed E-state index contributed by atoms with van der Waals surface area (Å²) >= 11 is 0. The van der Waals surface area contributed by atoms with E-state index in [1.165, 1.54) is 37.1 Å². The molecule has 0 heterocycles. The minimum absolute atomic E-state index is 0.166. The molecule has 0 amide bonds. The van der Waals surface area contributed by atoms with E-state index in [2.05, 4.69) is 43.0 Å². The van der Waals surface area contributed by atoms with Gasteiger partial charge in [0, 0.05) is 24.8 Å². The van der Waals surface area contributed by atoms with Gasteiger partial charge in [-0.3, -0.25) is 0 Å². The van der Waals surface area contributed by atoms with E-state index >= 15 is 0 Å². The Bertz CT molecular complexity index is 371. The largest absolute Gasteiger partial charge is 0.371 e. The highest BCUT2D eigenvalue weighted by Crippen LogP contribution is 2.34. The van der Waals surface area contributed by atoms with Crippen molar-refractivity contribution in [1.29, 1.82) is 0 Å². The first-order valence-electron chi connectivity index (χ1n) is 7.35. The molecule has 100 valence electrons. The first-order chi connectivity index (χ1) is 8.76. The minimum atomic E-state index is 0.166. The standard InChI is InChI=1S/C16H26N2/c1-3-11-18(12-13-9-10-13)16-8-6-5-7-14(16)15(17)4-2/h5-8,13,15H,3-4,9-12,17H2,1-2H3. The quantitative estimate of drug-likeness (QED) is 0.794. The van der Waals surface area contributed by atoms with Crippen molar-refractivity contribution in [3.63, 3.8) is 0 Å². The summed E-state index contributed by atoms with van der Waals surface area (Å²) in [6, 6.07) is 8.84. The summed E-state index contributed by atoms with van der Waals surface area (Å²) in [6.45, 7) is 6.76. The van der Waals surface area contributed by atoms with Gasteiger partial charge in [-0.2, -0.15) is 0 Å². The number of nitrogens with zero attached hydrogens (tertiary/aromatic N) is 1. The molecule has 0 aromatic heterocycles. The molecular weight excluding hydrogens is 220 g/mol. The summed E-state index contributed by atoms with van der Waals surface area (Å²) in [5.41, 5.74) is 8.92. The van der Waals surface area contributed by atoms with Crippen LogP contribution >= 0.6 is 0 Å². The third-order valence-corrected chi connectivity index (χ3v) is 3.79. The van der Waals surface area contributed by atoms with E-state index in [1.54, 1.807) is 0 Å². The monoisotopic (exact) mass is 246 g/mol. The Hall–Kier alpha value is -1.02. The maximum Gasteiger partial charge on any atom is 0.0414 e. The van der Waals surface area contributed by atoms with E-state index in [1.807, 2.05) is 0 Å². The number of nitrogens with two attached hydrogens (primary N) is 1. The van der Waals surface area contributed by atoms with Crippen LogP contribution in [-0.2, 0) is 0 Å². The van der Waals surface area contributed by atoms with Crippen molar-refractivity contribution in [2.45, 2.75) is 45.6 Å². The summed E-state index contributed by atoms with van der Waals surface area (Å²) in [4.78, 5) is 2.54. The van der Waals surface area contributed by atoms with Gasteiger partial charge in [0.25, 0.3) is 0 Å². The molecule has 1 saturated carbocycles. The van der Waals surface area contributed by atoms with Gasteiger partial charge in [0.2, 0.25) is 0 Å². The molecule has 1 unspecified atom stereocenters. The zero-order valence-corrected chi connectivity index (χ0v) is 11.7. The van der Waals surface area contributed by atoms with Gasteiger partial charge >= 0.3 is 0 Å². The maximum absolute atomic E-state index is 6.25. The predicted octanol–water partition coefficient (Wildman–Crippen LogP) is 3.72. The highest BCUT2D eigenvalue weighted by atomic mass is 15.1. The van der Waals surface area contributed by atoms with Crippen molar-refractivity contribution in [3.8, 4) is 0 Å². The van der Waals surface area contributed by atoms with Crippen LogP contribution < -0.4 is 10.6 Å². The topological polar surface area (TPSA) is 29.3 Å². The van der Waals surface area contributed by atoms with Crippen LogP contribution in [0.25, 0.3) is 0 Å². The Kier molecular flexibility index (Phi) is 4.65. The smallest absolute Gasteiger partial charge is 0.0414 e. The first-order valence-corrected chi connectivity index (χ1v) is 7.35. The molecule has 2 heteroatoms. The summed E-state index contributed by atoms with van der Waals surface area (Å²) in [5.74, 6) is 0.919. The van der Waals surface area contributed by atoms with Gasteiger partial charge < -0.3 is 10.6 Å². The van der Waals surface area contributed by atoms with Gasteiger partial charge in [-0.25, -0.2) is 0 Å². The van der Waals surface area contributed by atoms with Crippen LogP contribution in [0.3, 0.4) is 0 Å². The van der Waals surface area contributed by atoms with Crippen LogP contribution in [-0.4, -0.2) is 13.1 Å². The molecule has 0 radical (unpaired) electrons. The Morgan fingerprint density at radius 3 is 2.61 bits per heavy atom. The molecule has 2 nitrogen and oxygen atoms in total. The molecule has 1 aliphatic rings. The van der Waals surface area contributed by atoms with Crippen LogP contribution in [0.15, 0.2) is 24.3 Å². The Labute approximate surface area is 111 Å². The summed E-state index contributed by atoms with van der Waals surface area (Å²) in [6.07, 6.45) is 5.01. The number of anilines is 1. The molecule has 0 spiro atoms. The fourth-order valence-electron chi connectivity index (χ4n) is 2.50. The summed E-state index contributed by atoms with van der Waals surface area (Å²) in [5, 5.41) is 0. The van der Waals surface area contributed by atoms with Gasteiger partial charge in [-0.05, 0) is 43.2 Å². The number of rotatable bonds is 7. The first kappa shape index (κ1) is 13.4. The fraction of sp³-hybridized carbons (Fsp3) is 0.625. The Morgan fingerprint density at radius 1 is 1.28 bits per heavy atom. The van der Waals surface area contributed by atoms with E-state index in [9.17, 15) is 0 Å². The van der Waals surface area contributed by atoms with E-state index in [4.69, 9.17) is 5.73 Å². The van der Waals surface area contributed by atoms with Crippen LogP contribution in [0.5, 0.6) is 0 Å². The molecule has 18 heavy (non-hydrogen) atoms. The lowest BCUT2D eigenvalue weighted by Gasteiger charge is -2.28. The molecule has 1 aliphatic carbocycles. The van der Waals surface area contributed by atoms with Crippen molar-refractivity contribution in [2.24, 2.45) is 11.7 Å². The minimum Gasteiger partial charge on any atom is -0.371 e. The predicted molar refractivity (Wildman–Crippen MR) is 78.9 cm³/mol. The van der Waals surface area contributed by atoms with Gasteiger partial charge in [-0.1, -0.05) is 32.0 Å². The van der Waals surface area contributed by atoms with Crippen molar-refractivity contribution in [3.05, 3.63) is 29.8 Å². The molecule has 1 fully saturated rings. The van der Waals surface area contributed by atoms with Gasteiger partial charge in [0.05, 0.1) is 0 Å². The molecule has 1 aromatic carbocycles. The number of para-hydroxylation sites is 1. The lowest BCUT2D eigenvalue weighted by Crippen LogP contribution is -2.28. The second kappa shape index (κ2) is 6.24. The van der Waals surface area contributed by atoms with Gasteiger partial charge in [0.1, 0.15) is 0 Å². The van der Waals surface area contributed by atoms with E-state index in [0.29, 0.717) is 0 Å². The average molecular weight is 246 g/mol. The Morgan fingerprint density at radius 2 is 2.00 bits per heavy atom. The van der Waals surface area contributed by atoms with Crippen molar-refractivity contribution < 1.29 is 0 Å². The number of benzene rings is 1. The maximum atomic E-state index is 6.25. The highest BCUT2D eigenvalue weighted by Gasteiger charge is 2.25. The number of hydrogen-bond donors (Lipinski definition) is 1. The molecule has 0 bridgehead atoms. The highest BCUT2D eigenvalue weighted by molar-refractivity contribution is 5.55. The zero-order valence-electron chi connectivity index (χ0n) is 11.7. The molecule has 0 aliphatic heterocycles. The number of hydrogen-bond acceptors (Lipinski definition) is 2. The lowest BCUT2D eigenvalue weighted by molar-refractivity contribution is 0.670. The van der Waals surface area contributed by atoms with Crippen LogP contribution in [0.2, 0.25) is 0 Å². The molecule has 1 atom stereocenters. The second-order valence-corrected chi connectivity index (χ2v) is 5.46. The fourth-order valence-corrected chi connectivity index (χ4v) is 2.50. The molecule has 2 N–H and O–H groups in total. The van der Waals surface area contributed by atoms with Crippen LogP contribution in [0.1, 0.15) is 51.1 Å². The van der Waals surface area contributed by atoms with Gasteiger partial charge in [0.15, 0.2) is 0 Å². The molecular formula is C16H26N2. The van der Waals surface area contributed by atoms with Crippen molar-refractivity contribution in [1.82, 2.24) is 0 Å².